The molecular formula is C11H16N4O2S. The summed E-state index contributed by atoms with van der Waals surface area (Å²) in [5.41, 5.74) is 1.82. The summed E-state index contributed by atoms with van der Waals surface area (Å²) in [5.74, 6) is 0. The van der Waals surface area contributed by atoms with Crippen LogP contribution in [0.3, 0.4) is 0 Å². The van der Waals surface area contributed by atoms with Gasteiger partial charge in [0.05, 0.1) is 18.5 Å². The third kappa shape index (κ3) is 2.58. The van der Waals surface area contributed by atoms with Crippen LogP contribution in [0.15, 0.2) is 17.3 Å². The lowest BCUT2D eigenvalue weighted by Gasteiger charge is -2.18. The van der Waals surface area contributed by atoms with Crippen LogP contribution in [-0.4, -0.2) is 38.0 Å². The zero-order valence-corrected chi connectivity index (χ0v) is 10.9. The van der Waals surface area contributed by atoms with Crippen LogP contribution in [0, 0.1) is 0 Å². The predicted molar refractivity (Wildman–Crippen MR) is 72.9 cm³/mol. The number of fused-ring (bicyclic) bond motifs is 1. The van der Waals surface area contributed by atoms with E-state index in [0.29, 0.717) is 17.6 Å². The first-order valence-electron chi connectivity index (χ1n) is 5.69. The molecule has 2 heterocycles. The Morgan fingerprint density at radius 1 is 1.56 bits per heavy atom. The molecule has 2 aromatic rings. The molecule has 0 amide bonds. The number of H-pyrrole nitrogens is 2. The van der Waals surface area contributed by atoms with Crippen LogP contribution in [-0.2, 0) is 6.54 Å². The Balaban J connectivity index is 2.18. The van der Waals surface area contributed by atoms with Crippen LogP contribution < -0.4 is 10.9 Å². The molecule has 6 nitrogen and oxygen atoms in total. The van der Waals surface area contributed by atoms with Crippen molar-refractivity contribution in [3.8, 4) is 0 Å². The first-order valence-corrected chi connectivity index (χ1v) is 6.21. The normalized spacial score (nSPS) is 14.8. The predicted octanol–water partition coefficient (Wildman–Crippen LogP) is 0.0200. The van der Waals surface area contributed by atoms with Crippen LogP contribution in [0.25, 0.3) is 11.0 Å². The number of nitrogens with zero attached hydrogens (tertiary/aromatic N) is 1. The molecule has 0 aliphatic carbocycles. The molecule has 0 saturated heterocycles. The van der Waals surface area contributed by atoms with Crippen LogP contribution in [0.4, 0.5) is 0 Å². The van der Waals surface area contributed by atoms with E-state index in [4.69, 9.17) is 0 Å². The summed E-state index contributed by atoms with van der Waals surface area (Å²) in [6.07, 6.45) is 3.13. The van der Waals surface area contributed by atoms with Gasteiger partial charge in [0.1, 0.15) is 5.52 Å². The second-order valence-corrected chi connectivity index (χ2v) is 4.99. The van der Waals surface area contributed by atoms with Crippen molar-refractivity contribution in [3.63, 3.8) is 0 Å². The lowest BCUT2D eigenvalue weighted by Crippen LogP contribution is -2.38. The number of aliphatic hydroxyl groups excluding tert-OH is 1. The summed E-state index contributed by atoms with van der Waals surface area (Å²) in [7, 11) is 0. The number of aliphatic hydroxyl groups is 1. The van der Waals surface area contributed by atoms with Gasteiger partial charge in [0, 0.05) is 29.6 Å². The van der Waals surface area contributed by atoms with Crippen molar-refractivity contribution in [3.05, 3.63) is 28.4 Å². The molecule has 0 aliphatic rings. The van der Waals surface area contributed by atoms with Crippen LogP contribution in [0.1, 0.15) is 12.5 Å². The van der Waals surface area contributed by atoms with E-state index in [1.54, 1.807) is 6.20 Å². The van der Waals surface area contributed by atoms with Gasteiger partial charge < -0.3 is 20.4 Å². The molecule has 4 N–H and O–H groups in total. The van der Waals surface area contributed by atoms with Crippen molar-refractivity contribution in [2.45, 2.75) is 24.8 Å². The largest absolute Gasteiger partial charge is 0.395 e. The molecule has 2 aromatic heterocycles. The summed E-state index contributed by atoms with van der Waals surface area (Å²) >= 11 is 4.29. The highest BCUT2D eigenvalue weighted by Crippen LogP contribution is 2.12. The first kappa shape index (κ1) is 13.1. The number of thiol groups is 1. The lowest BCUT2D eigenvalue weighted by molar-refractivity contribution is 0.241. The van der Waals surface area contributed by atoms with Gasteiger partial charge >= 0.3 is 0 Å². The van der Waals surface area contributed by atoms with Gasteiger partial charge in [-0.2, -0.15) is 12.6 Å². The number of nitrogens with one attached hydrogen (secondary N) is 3. The molecule has 1 unspecified atom stereocenters. The number of aromatic amines is 2. The van der Waals surface area contributed by atoms with Crippen molar-refractivity contribution >= 4 is 23.7 Å². The maximum atomic E-state index is 11.5. The second-order valence-electron chi connectivity index (χ2n) is 4.18. The molecule has 0 saturated carbocycles. The van der Waals surface area contributed by atoms with E-state index in [1.165, 1.54) is 6.33 Å². The minimum Gasteiger partial charge on any atom is -0.395 e. The summed E-state index contributed by atoms with van der Waals surface area (Å²) in [6.45, 7) is 2.45. The van der Waals surface area contributed by atoms with Crippen molar-refractivity contribution in [2.75, 3.05) is 6.61 Å². The number of hydrogen-bond donors (Lipinski definition) is 5. The van der Waals surface area contributed by atoms with Crippen molar-refractivity contribution in [1.82, 2.24) is 20.3 Å². The number of aromatic nitrogens is 3. The molecule has 0 bridgehead atoms. The van der Waals surface area contributed by atoms with Gasteiger partial charge in [-0.1, -0.05) is 6.92 Å². The smallest absolute Gasteiger partial charge is 0.275 e. The van der Waals surface area contributed by atoms with Crippen molar-refractivity contribution < 1.29 is 5.11 Å². The summed E-state index contributed by atoms with van der Waals surface area (Å²) in [6, 6.07) is -0.0970. The van der Waals surface area contributed by atoms with Crippen LogP contribution in [0.2, 0.25) is 0 Å². The fourth-order valence-corrected chi connectivity index (χ4v) is 1.97. The van der Waals surface area contributed by atoms with E-state index in [-0.39, 0.29) is 23.5 Å². The molecule has 18 heavy (non-hydrogen) atoms. The van der Waals surface area contributed by atoms with Gasteiger partial charge in [0.15, 0.2) is 0 Å². The average Bonchev–Trinajstić information content (AvgIpc) is 2.74. The van der Waals surface area contributed by atoms with Crippen LogP contribution in [0.5, 0.6) is 0 Å². The van der Waals surface area contributed by atoms with Gasteiger partial charge in [-0.25, -0.2) is 4.98 Å². The Morgan fingerprint density at radius 2 is 2.33 bits per heavy atom. The monoisotopic (exact) mass is 268 g/mol. The van der Waals surface area contributed by atoms with Gasteiger partial charge in [-0.3, -0.25) is 4.79 Å². The summed E-state index contributed by atoms with van der Waals surface area (Å²) in [5, 5.41) is 12.4. The Bertz CT molecular complexity index is 578. The summed E-state index contributed by atoms with van der Waals surface area (Å²) in [4.78, 5) is 21.0. The molecule has 2 atom stereocenters. The molecular weight excluding hydrogens is 252 g/mol. The zero-order valence-electron chi connectivity index (χ0n) is 9.97. The fourth-order valence-electron chi connectivity index (χ4n) is 1.77. The Labute approximate surface area is 109 Å². The standard InChI is InChI=1S/C11H16N4O2S/c1-6(18)8(4-16)12-2-7-3-13-10-9(7)14-5-15-11(10)17/h3,5-6,8,12-13,16,18H,2,4H2,1H3,(H,14,15,17)/t6?,8-/m0/s1. The van der Waals surface area contributed by atoms with Crippen molar-refractivity contribution in [1.29, 1.82) is 0 Å². The Hall–Kier alpha value is -1.31. The first-order chi connectivity index (χ1) is 8.63. The maximum Gasteiger partial charge on any atom is 0.275 e. The molecule has 0 aliphatic heterocycles. The van der Waals surface area contributed by atoms with Crippen LogP contribution >= 0.6 is 12.6 Å². The summed E-state index contributed by atoms with van der Waals surface area (Å²) < 4.78 is 0. The topological polar surface area (TPSA) is 93.8 Å². The molecule has 0 aromatic carbocycles. The van der Waals surface area contributed by atoms with E-state index in [2.05, 4.69) is 32.9 Å². The van der Waals surface area contributed by atoms with E-state index in [1.807, 2.05) is 6.92 Å². The van der Waals surface area contributed by atoms with Gasteiger partial charge in [0.2, 0.25) is 0 Å². The second kappa shape index (κ2) is 5.55. The molecule has 0 spiro atoms. The fraction of sp³-hybridized carbons (Fsp3) is 0.455. The van der Waals surface area contributed by atoms with Crippen molar-refractivity contribution in [2.24, 2.45) is 0 Å². The zero-order chi connectivity index (χ0) is 13.1. The molecule has 2 rings (SSSR count). The average molecular weight is 268 g/mol. The highest BCUT2D eigenvalue weighted by atomic mass is 32.1. The molecule has 7 heteroatoms. The quantitative estimate of drug-likeness (QED) is 0.494. The molecule has 0 radical (unpaired) electrons. The minimum absolute atomic E-state index is 0.0149. The van der Waals surface area contributed by atoms with E-state index < -0.39 is 0 Å². The maximum absolute atomic E-state index is 11.5. The van der Waals surface area contributed by atoms with Gasteiger partial charge in [0.25, 0.3) is 5.56 Å². The molecule has 98 valence electrons. The van der Waals surface area contributed by atoms with E-state index in [0.717, 1.165) is 5.56 Å². The number of rotatable bonds is 5. The Kier molecular flexibility index (Phi) is 4.05. The Morgan fingerprint density at radius 3 is 3.00 bits per heavy atom. The van der Waals surface area contributed by atoms with E-state index >= 15 is 0 Å². The third-order valence-electron chi connectivity index (χ3n) is 2.88. The van der Waals surface area contributed by atoms with Gasteiger partial charge in [-0.15, -0.1) is 0 Å². The highest BCUT2D eigenvalue weighted by Gasteiger charge is 2.14. The SMILES string of the molecule is CC(S)[C@H](CO)NCc1c[nH]c2c(=O)[nH]cnc12. The third-order valence-corrected chi connectivity index (χ3v) is 3.24. The highest BCUT2D eigenvalue weighted by molar-refractivity contribution is 7.81. The van der Waals surface area contributed by atoms with E-state index in [9.17, 15) is 9.90 Å². The minimum atomic E-state index is -0.187. The van der Waals surface area contributed by atoms with Gasteiger partial charge in [-0.05, 0) is 0 Å². The molecule has 0 fully saturated rings. The lowest BCUT2D eigenvalue weighted by atomic mass is 10.2. The number of hydrogen-bond acceptors (Lipinski definition) is 5.